The molecule has 6 nitrogen and oxygen atoms in total. The number of sulfonamides is 1. The third kappa shape index (κ3) is 4.67. The Morgan fingerprint density at radius 3 is 2.48 bits per heavy atom. The van der Waals surface area contributed by atoms with Gasteiger partial charge in [0.1, 0.15) is 0 Å². The second kappa shape index (κ2) is 8.10. The Morgan fingerprint density at radius 1 is 1.11 bits per heavy atom. The van der Waals surface area contributed by atoms with E-state index in [1.807, 2.05) is 19.1 Å². The number of amides is 1. The van der Waals surface area contributed by atoms with E-state index >= 15 is 0 Å². The highest BCUT2D eigenvalue weighted by atomic mass is 32.2. The van der Waals surface area contributed by atoms with Gasteiger partial charge in [0.2, 0.25) is 0 Å². The average molecular weight is 388 g/mol. The summed E-state index contributed by atoms with van der Waals surface area (Å²) in [5.41, 5.74) is 1.83. The minimum Gasteiger partial charge on any atom is -0.348 e. The molecular weight excluding hydrogens is 362 g/mol. The first-order chi connectivity index (χ1) is 12.9. The Labute approximate surface area is 160 Å². The van der Waals surface area contributed by atoms with E-state index in [0.29, 0.717) is 11.3 Å². The first-order valence-electron chi connectivity index (χ1n) is 9.09. The maximum absolute atomic E-state index is 12.6. The highest BCUT2D eigenvalue weighted by molar-refractivity contribution is 7.92. The van der Waals surface area contributed by atoms with Crippen molar-refractivity contribution in [3.63, 3.8) is 0 Å². The molecule has 0 aliphatic carbocycles. The van der Waals surface area contributed by atoms with Crippen LogP contribution in [0.3, 0.4) is 0 Å². The van der Waals surface area contributed by atoms with Crippen LogP contribution in [0.15, 0.2) is 53.4 Å². The van der Waals surface area contributed by atoms with Gasteiger partial charge in [0.15, 0.2) is 0 Å². The lowest BCUT2D eigenvalue weighted by atomic mass is 9.99. The van der Waals surface area contributed by atoms with E-state index in [1.165, 1.54) is 12.1 Å². The predicted molar refractivity (Wildman–Crippen MR) is 106 cm³/mol. The lowest BCUT2D eigenvalue weighted by molar-refractivity contribution is 0.0919. The number of aryl methyl sites for hydroxylation is 1. The Balaban J connectivity index is 1.70. The first-order valence-corrected chi connectivity index (χ1v) is 10.6. The molecule has 2 unspecified atom stereocenters. The Kier molecular flexibility index (Phi) is 5.82. The van der Waals surface area contributed by atoms with Crippen molar-refractivity contribution in [2.24, 2.45) is 0 Å². The summed E-state index contributed by atoms with van der Waals surface area (Å²) in [7, 11) is -3.71. The number of hydrogen-bond donors (Lipinski definition) is 3. The van der Waals surface area contributed by atoms with Gasteiger partial charge >= 0.3 is 0 Å². The zero-order valence-electron chi connectivity index (χ0n) is 15.5. The van der Waals surface area contributed by atoms with Gasteiger partial charge in [-0.1, -0.05) is 18.2 Å². The van der Waals surface area contributed by atoms with E-state index in [1.54, 1.807) is 24.3 Å². The fourth-order valence-corrected chi connectivity index (χ4v) is 4.30. The number of carbonyl (C=O) groups excluding carboxylic acids is 1. The van der Waals surface area contributed by atoms with Gasteiger partial charge < -0.3 is 10.6 Å². The molecular formula is C20H25N3O3S. The molecule has 3 rings (SSSR count). The van der Waals surface area contributed by atoms with Crippen LogP contribution in [0.1, 0.15) is 35.7 Å². The topological polar surface area (TPSA) is 87.3 Å². The highest BCUT2D eigenvalue weighted by Gasteiger charge is 2.23. The quantitative estimate of drug-likeness (QED) is 0.736. The molecule has 144 valence electrons. The molecule has 1 amide bonds. The zero-order chi connectivity index (χ0) is 19.4. The lowest BCUT2D eigenvalue weighted by Gasteiger charge is -2.30. The minimum atomic E-state index is -3.71. The van der Waals surface area contributed by atoms with Crippen LogP contribution in [0, 0.1) is 6.92 Å². The fraction of sp³-hybridized carbons (Fsp3) is 0.350. The van der Waals surface area contributed by atoms with E-state index in [-0.39, 0.29) is 22.9 Å². The van der Waals surface area contributed by atoms with Crippen molar-refractivity contribution in [1.29, 1.82) is 0 Å². The van der Waals surface area contributed by atoms with Crippen LogP contribution in [0.25, 0.3) is 0 Å². The molecule has 2 aromatic carbocycles. The number of carbonyl (C=O) groups is 1. The molecule has 0 bridgehead atoms. The second-order valence-corrected chi connectivity index (χ2v) is 8.59. The molecule has 0 spiro atoms. The number of piperidine rings is 1. The van der Waals surface area contributed by atoms with Gasteiger partial charge in [-0.15, -0.1) is 0 Å². The van der Waals surface area contributed by atoms with Crippen LogP contribution in [0.4, 0.5) is 5.69 Å². The van der Waals surface area contributed by atoms with Crippen LogP contribution < -0.4 is 15.4 Å². The Bertz CT molecular complexity index is 910. The van der Waals surface area contributed by atoms with E-state index in [0.717, 1.165) is 24.9 Å². The van der Waals surface area contributed by atoms with Crippen molar-refractivity contribution < 1.29 is 13.2 Å². The fourth-order valence-electron chi connectivity index (χ4n) is 3.17. The van der Waals surface area contributed by atoms with Crippen LogP contribution in [0.2, 0.25) is 0 Å². The van der Waals surface area contributed by atoms with Crippen molar-refractivity contribution in [3.05, 3.63) is 59.7 Å². The molecule has 1 fully saturated rings. The van der Waals surface area contributed by atoms with Gasteiger partial charge in [0.25, 0.3) is 15.9 Å². The number of rotatable bonds is 5. The summed E-state index contributed by atoms with van der Waals surface area (Å²) in [6, 6.07) is 13.5. The maximum atomic E-state index is 12.6. The smallest absolute Gasteiger partial charge is 0.261 e. The van der Waals surface area contributed by atoms with Gasteiger partial charge in [-0.05, 0) is 69.1 Å². The zero-order valence-corrected chi connectivity index (χ0v) is 16.3. The van der Waals surface area contributed by atoms with Gasteiger partial charge in [0.05, 0.1) is 10.6 Å². The first kappa shape index (κ1) is 19.4. The van der Waals surface area contributed by atoms with Crippen LogP contribution in [0.5, 0.6) is 0 Å². The molecule has 2 atom stereocenters. The van der Waals surface area contributed by atoms with Gasteiger partial charge in [-0.3, -0.25) is 9.52 Å². The van der Waals surface area contributed by atoms with Crippen LogP contribution in [-0.4, -0.2) is 33.0 Å². The number of anilines is 1. The van der Waals surface area contributed by atoms with Crippen molar-refractivity contribution in [3.8, 4) is 0 Å². The molecule has 2 aromatic rings. The molecule has 1 aliphatic rings. The number of benzene rings is 2. The number of para-hydroxylation sites is 1. The molecule has 0 aromatic heterocycles. The van der Waals surface area contributed by atoms with Gasteiger partial charge in [-0.2, -0.15) is 0 Å². The summed E-state index contributed by atoms with van der Waals surface area (Å²) in [6.07, 6.45) is 1.96. The van der Waals surface area contributed by atoms with Crippen molar-refractivity contribution in [1.82, 2.24) is 10.6 Å². The molecule has 1 saturated heterocycles. The Hall–Kier alpha value is -2.38. The number of nitrogens with one attached hydrogen (secondary N) is 3. The van der Waals surface area contributed by atoms with Crippen molar-refractivity contribution in [2.45, 2.75) is 43.7 Å². The predicted octanol–water partition coefficient (Wildman–Crippen LogP) is 2.67. The monoisotopic (exact) mass is 387 g/mol. The van der Waals surface area contributed by atoms with Crippen molar-refractivity contribution in [2.75, 3.05) is 11.3 Å². The van der Waals surface area contributed by atoms with Gasteiger partial charge in [0, 0.05) is 17.6 Å². The van der Waals surface area contributed by atoms with Crippen LogP contribution in [-0.2, 0) is 10.0 Å². The SMILES string of the molecule is Cc1ccccc1NS(=O)(=O)c1ccc(C(=O)NC2CCCNC2C)cc1. The molecule has 1 heterocycles. The van der Waals surface area contributed by atoms with E-state index < -0.39 is 10.0 Å². The summed E-state index contributed by atoms with van der Waals surface area (Å²) in [5.74, 6) is -0.189. The molecule has 0 radical (unpaired) electrons. The normalized spacial score (nSPS) is 20.1. The standard InChI is InChI=1S/C20H25N3O3S/c1-14-6-3-4-7-18(14)23-27(25,26)17-11-9-16(10-12-17)20(24)22-19-8-5-13-21-15(19)2/h3-4,6-7,9-12,15,19,21,23H,5,8,13H2,1-2H3,(H,22,24). The van der Waals surface area contributed by atoms with Gasteiger partial charge in [-0.25, -0.2) is 8.42 Å². The minimum absolute atomic E-state index is 0.0809. The Morgan fingerprint density at radius 2 is 1.81 bits per heavy atom. The summed E-state index contributed by atoms with van der Waals surface area (Å²) < 4.78 is 27.7. The average Bonchev–Trinajstić information content (AvgIpc) is 2.65. The molecule has 27 heavy (non-hydrogen) atoms. The van der Waals surface area contributed by atoms with E-state index in [4.69, 9.17) is 0 Å². The third-order valence-corrected chi connectivity index (χ3v) is 6.28. The molecule has 7 heteroatoms. The summed E-state index contributed by atoms with van der Waals surface area (Å²) in [6.45, 7) is 4.86. The third-order valence-electron chi connectivity index (χ3n) is 4.89. The molecule has 1 aliphatic heterocycles. The van der Waals surface area contributed by atoms with E-state index in [2.05, 4.69) is 22.3 Å². The molecule has 3 N–H and O–H groups in total. The summed E-state index contributed by atoms with van der Waals surface area (Å²) in [5, 5.41) is 6.37. The van der Waals surface area contributed by atoms with E-state index in [9.17, 15) is 13.2 Å². The maximum Gasteiger partial charge on any atom is 0.261 e. The second-order valence-electron chi connectivity index (χ2n) is 6.91. The van der Waals surface area contributed by atoms with Crippen LogP contribution >= 0.6 is 0 Å². The lowest BCUT2D eigenvalue weighted by Crippen LogP contribution is -2.51. The van der Waals surface area contributed by atoms with Crippen molar-refractivity contribution >= 4 is 21.6 Å². The molecule has 0 saturated carbocycles. The number of hydrogen-bond acceptors (Lipinski definition) is 4. The largest absolute Gasteiger partial charge is 0.348 e. The highest BCUT2D eigenvalue weighted by Crippen LogP contribution is 2.20. The summed E-state index contributed by atoms with van der Waals surface area (Å²) >= 11 is 0. The summed E-state index contributed by atoms with van der Waals surface area (Å²) in [4.78, 5) is 12.6.